The molecule has 1 spiro atoms. The van der Waals surface area contributed by atoms with Crippen molar-refractivity contribution in [3.05, 3.63) is 52.0 Å². The first kappa shape index (κ1) is 12.4. The highest BCUT2D eigenvalue weighted by molar-refractivity contribution is 8.01. The number of hydrogen-bond acceptors (Lipinski definition) is 3. The number of rotatable bonds is 0. The molecule has 1 amide bonds. The second-order valence-electron chi connectivity index (χ2n) is 4.67. The molecule has 20 heavy (non-hydrogen) atoms. The van der Waals surface area contributed by atoms with Crippen molar-refractivity contribution < 1.29 is 4.79 Å². The molecule has 0 saturated heterocycles. The Hall–Kier alpha value is -1.36. The van der Waals surface area contributed by atoms with Gasteiger partial charge in [0.05, 0.1) is 10.7 Å². The predicted octanol–water partition coefficient (Wildman–Crippen LogP) is 4.32. The number of carbonyl (C=O) groups excluding carboxylic acids is 1. The van der Waals surface area contributed by atoms with Gasteiger partial charge in [-0.15, -0.1) is 0 Å². The molecule has 2 heterocycles. The maximum Gasteiger partial charge on any atom is 0.265 e. The second-order valence-corrected chi connectivity index (χ2v) is 6.77. The average Bonchev–Trinajstić information content (AvgIpc) is 2.92. The molecular weight excluding hydrogens is 315 g/mol. The number of amides is 1. The number of benzene rings is 2. The van der Waals surface area contributed by atoms with E-state index in [9.17, 15) is 4.79 Å². The summed E-state index contributed by atoms with van der Waals surface area (Å²) in [7, 11) is 0. The number of nitrogens with one attached hydrogen (secondary N) is 2. The molecule has 0 aromatic heterocycles. The molecule has 100 valence electrons. The van der Waals surface area contributed by atoms with Gasteiger partial charge in [0.15, 0.2) is 4.87 Å². The Bertz CT molecular complexity index is 738. The van der Waals surface area contributed by atoms with Crippen LogP contribution < -0.4 is 10.6 Å². The van der Waals surface area contributed by atoms with E-state index in [0.717, 1.165) is 16.1 Å². The monoisotopic (exact) mass is 322 g/mol. The molecule has 4 rings (SSSR count). The highest BCUT2D eigenvalue weighted by atomic mass is 35.5. The third-order valence-corrected chi connectivity index (χ3v) is 5.36. The van der Waals surface area contributed by atoms with Crippen LogP contribution in [0.15, 0.2) is 41.3 Å². The quantitative estimate of drug-likeness (QED) is 0.759. The number of carbonyl (C=O) groups is 1. The van der Waals surface area contributed by atoms with Gasteiger partial charge in [-0.25, -0.2) is 0 Å². The Morgan fingerprint density at radius 3 is 2.75 bits per heavy atom. The molecule has 2 aromatic rings. The minimum Gasteiger partial charge on any atom is -0.358 e. The second kappa shape index (κ2) is 4.07. The molecule has 1 atom stereocenters. The fraction of sp³-hybridized carbons (Fsp3) is 0.0714. The molecule has 0 aliphatic carbocycles. The van der Waals surface area contributed by atoms with Gasteiger partial charge >= 0.3 is 0 Å². The van der Waals surface area contributed by atoms with E-state index >= 15 is 0 Å². The van der Waals surface area contributed by atoms with Crippen molar-refractivity contribution in [2.24, 2.45) is 0 Å². The van der Waals surface area contributed by atoms with Crippen molar-refractivity contribution in [1.29, 1.82) is 0 Å². The van der Waals surface area contributed by atoms with Crippen LogP contribution in [0.5, 0.6) is 0 Å². The van der Waals surface area contributed by atoms with E-state index in [2.05, 4.69) is 10.6 Å². The lowest BCUT2D eigenvalue weighted by Gasteiger charge is -2.21. The fourth-order valence-corrected chi connectivity index (χ4v) is 4.39. The van der Waals surface area contributed by atoms with Gasteiger partial charge in [0.2, 0.25) is 0 Å². The van der Waals surface area contributed by atoms with Crippen LogP contribution in [0.1, 0.15) is 5.56 Å². The van der Waals surface area contributed by atoms with Crippen LogP contribution in [-0.4, -0.2) is 5.91 Å². The first-order valence-corrected chi connectivity index (χ1v) is 7.54. The van der Waals surface area contributed by atoms with Gasteiger partial charge in [-0.05, 0) is 24.3 Å². The lowest BCUT2D eigenvalue weighted by molar-refractivity contribution is -0.117. The molecule has 0 fully saturated rings. The normalized spacial score (nSPS) is 22.4. The smallest absolute Gasteiger partial charge is 0.265 e. The molecule has 2 aliphatic rings. The minimum atomic E-state index is -0.881. The van der Waals surface area contributed by atoms with E-state index in [0.29, 0.717) is 15.7 Å². The van der Waals surface area contributed by atoms with E-state index in [1.54, 1.807) is 12.1 Å². The van der Waals surface area contributed by atoms with Crippen LogP contribution in [-0.2, 0) is 9.67 Å². The summed E-state index contributed by atoms with van der Waals surface area (Å²) >= 11 is 13.7. The average molecular weight is 323 g/mol. The van der Waals surface area contributed by atoms with Crippen LogP contribution in [0.2, 0.25) is 10.0 Å². The summed E-state index contributed by atoms with van der Waals surface area (Å²) in [5.41, 5.74) is 2.35. The van der Waals surface area contributed by atoms with Gasteiger partial charge in [-0.1, -0.05) is 47.1 Å². The summed E-state index contributed by atoms with van der Waals surface area (Å²) in [5.74, 6) is -0.127. The Balaban J connectivity index is 1.93. The fourth-order valence-electron chi connectivity index (χ4n) is 2.57. The number of fused-ring (bicyclic) bond motifs is 3. The Morgan fingerprint density at radius 2 is 1.95 bits per heavy atom. The molecular formula is C14H8Cl2N2OS. The molecule has 2 N–H and O–H groups in total. The summed E-state index contributed by atoms with van der Waals surface area (Å²) in [6.45, 7) is 0. The number of para-hydroxylation sites is 1. The number of halogens is 2. The SMILES string of the molecule is O=C1Nc2c(Cl)cc(Cl)cc2[C@]12Nc1ccccc1S2. The first-order chi connectivity index (χ1) is 9.60. The Kier molecular flexibility index (Phi) is 2.52. The molecule has 2 aromatic carbocycles. The van der Waals surface area contributed by atoms with Crippen molar-refractivity contribution in [1.82, 2.24) is 0 Å². The summed E-state index contributed by atoms with van der Waals surface area (Å²) in [5, 5.41) is 7.12. The summed E-state index contributed by atoms with van der Waals surface area (Å²) < 4.78 is 0. The molecule has 6 heteroatoms. The van der Waals surface area contributed by atoms with Gasteiger partial charge in [-0.2, -0.15) is 0 Å². The number of anilines is 2. The van der Waals surface area contributed by atoms with Crippen molar-refractivity contribution in [2.45, 2.75) is 9.77 Å². The Labute approximate surface area is 129 Å². The summed E-state index contributed by atoms with van der Waals surface area (Å²) in [6.07, 6.45) is 0. The molecule has 0 radical (unpaired) electrons. The molecule has 0 bridgehead atoms. The van der Waals surface area contributed by atoms with E-state index in [-0.39, 0.29) is 5.91 Å². The largest absolute Gasteiger partial charge is 0.358 e. The maximum atomic E-state index is 12.5. The highest BCUT2D eigenvalue weighted by Crippen LogP contribution is 2.57. The van der Waals surface area contributed by atoms with Gasteiger partial charge < -0.3 is 10.6 Å². The van der Waals surface area contributed by atoms with Crippen LogP contribution in [0.25, 0.3) is 0 Å². The number of thioether (sulfide) groups is 1. The zero-order valence-corrected chi connectivity index (χ0v) is 12.4. The van der Waals surface area contributed by atoms with Crippen LogP contribution in [0.3, 0.4) is 0 Å². The van der Waals surface area contributed by atoms with Crippen LogP contribution in [0, 0.1) is 0 Å². The van der Waals surface area contributed by atoms with Crippen LogP contribution >= 0.6 is 35.0 Å². The third-order valence-electron chi connectivity index (χ3n) is 3.45. The van der Waals surface area contributed by atoms with E-state index < -0.39 is 4.87 Å². The maximum absolute atomic E-state index is 12.5. The lowest BCUT2D eigenvalue weighted by Crippen LogP contribution is -2.35. The zero-order chi connectivity index (χ0) is 13.9. The first-order valence-electron chi connectivity index (χ1n) is 5.97. The van der Waals surface area contributed by atoms with Crippen molar-refractivity contribution in [2.75, 3.05) is 10.6 Å². The molecule has 2 aliphatic heterocycles. The molecule has 0 unspecified atom stereocenters. The van der Waals surface area contributed by atoms with E-state index in [4.69, 9.17) is 23.2 Å². The summed E-state index contributed by atoms with van der Waals surface area (Å²) in [6, 6.07) is 11.2. The van der Waals surface area contributed by atoms with Gasteiger partial charge in [0.25, 0.3) is 5.91 Å². The topological polar surface area (TPSA) is 41.1 Å². The standard InChI is InChI=1S/C14H8Cl2N2OS/c15-7-5-8-12(9(16)6-7)17-13(19)14(8)18-10-3-1-2-4-11(10)20-14/h1-6,18H,(H,17,19)/t14-/m1/s1. The highest BCUT2D eigenvalue weighted by Gasteiger charge is 2.52. The van der Waals surface area contributed by atoms with Gasteiger partial charge in [0.1, 0.15) is 0 Å². The third kappa shape index (κ3) is 1.53. The minimum absolute atomic E-state index is 0.127. The molecule has 3 nitrogen and oxygen atoms in total. The summed E-state index contributed by atoms with van der Waals surface area (Å²) in [4.78, 5) is 12.6. The molecule has 0 saturated carbocycles. The van der Waals surface area contributed by atoms with Crippen LogP contribution in [0.4, 0.5) is 11.4 Å². The number of hydrogen-bond donors (Lipinski definition) is 2. The predicted molar refractivity (Wildman–Crippen MR) is 82.7 cm³/mol. The van der Waals surface area contributed by atoms with Gasteiger partial charge in [0, 0.05) is 21.2 Å². The van der Waals surface area contributed by atoms with Crippen molar-refractivity contribution in [3.8, 4) is 0 Å². The zero-order valence-electron chi connectivity index (χ0n) is 10.0. The van der Waals surface area contributed by atoms with Crippen molar-refractivity contribution >= 4 is 52.2 Å². The van der Waals surface area contributed by atoms with Crippen molar-refractivity contribution in [3.63, 3.8) is 0 Å². The van der Waals surface area contributed by atoms with Gasteiger partial charge in [-0.3, -0.25) is 4.79 Å². The van der Waals surface area contributed by atoms with E-state index in [1.165, 1.54) is 11.8 Å². The lowest BCUT2D eigenvalue weighted by atomic mass is 10.1. The van der Waals surface area contributed by atoms with E-state index in [1.807, 2.05) is 24.3 Å². The Morgan fingerprint density at radius 1 is 1.15 bits per heavy atom.